The van der Waals surface area contributed by atoms with Gasteiger partial charge in [0.15, 0.2) is 0 Å². The Morgan fingerprint density at radius 2 is 1.89 bits per heavy atom. The molecule has 0 atom stereocenters. The summed E-state index contributed by atoms with van der Waals surface area (Å²) in [6.45, 7) is 2.01. The number of hydrogen-bond donors (Lipinski definition) is 2. The first kappa shape index (κ1) is 12.6. The van der Waals surface area contributed by atoms with Crippen LogP contribution in [0.2, 0.25) is 5.02 Å². The Morgan fingerprint density at radius 1 is 1.11 bits per heavy atom. The van der Waals surface area contributed by atoms with Crippen LogP contribution in [-0.2, 0) is 0 Å². The first-order valence-corrected chi connectivity index (χ1v) is 5.94. The second kappa shape index (κ2) is 5.19. The number of ether oxygens (including phenoxy) is 1. The Balaban J connectivity index is 2.36. The van der Waals surface area contributed by atoms with Crippen LogP contribution in [0.4, 0.5) is 17.1 Å². The number of benzene rings is 2. The Bertz CT molecular complexity index is 570. The molecule has 0 radical (unpaired) electrons. The maximum absolute atomic E-state index is 6.14. The van der Waals surface area contributed by atoms with Crippen LogP contribution in [0.1, 0.15) is 5.56 Å². The van der Waals surface area contributed by atoms with Crippen LogP contribution in [0.5, 0.6) is 5.75 Å². The minimum absolute atomic E-state index is 0.622. The molecule has 0 aromatic heterocycles. The zero-order valence-corrected chi connectivity index (χ0v) is 11.1. The number of aryl methyl sites for hydroxylation is 1. The second-order valence-corrected chi connectivity index (χ2v) is 4.47. The van der Waals surface area contributed by atoms with E-state index in [2.05, 4.69) is 5.32 Å². The van der Waals surface area contributed by atoms with E-state index in [0.717, 1.165) is 22.7 Å². The van der Waals surface area contributed by atoms with E-state index in [1.807, 2.05) is 37.3 Å². The molecule has 4 heteroatoms. The van der Waals surface area contributed by atoms with Gasteiger partial charge in [0.1, 0.15) is 5.75 Å². The lowest BCUT2D eigenvalue weighted by atomic mass is 10.2. The number of nitrogens with two attached hydrogens (primary N) is 1. The van der Waals surface area contributed by atoms with Gasteiger partial charge < -0.3 is 15.8 Å². The molecule has 0 saturated carbocycles. The van der Waals surface area contributed by atoms with E-state index < -0.39 is 0 Å². The Kier molecular flexibility index (Phi) is 3.63. The lowest BCUT2D eigenvalue weighted by Crippen LogP contribution is -1.97. The predicted octanol–water partition coefficient (Wildman–Crippen LogP) is 3.98. The van der Waals surface area contributed by atoms with Gasteiger partial charge in [0.05, 0.1) is 29.2 Å². The fourth-order valence-corrected chi connectivity index (χ4v) is 1.82. The van der Waals surface area contributed by atoms with Gasteiger partial charge in [-0.2, -0.15) is 0 Å². The molecule has 2 aromatic carbocycles. The van der Waals surface area contributed by atoms with Crippen LogP contribution < -0.4 is 15.8 Å². The van der Waals surface area contributed by atoms with Crippen molar-refractivity contribution in [3.63, 3.8) is 0 Å². The maximum Gasteiger partial charge on any atom is 0.121 e. The lowest BCUT2D eigenvalue weighted by molar-refractivity contribution is 0.415. The minimum atomic E-state index is 0.622. The van der Waals surface area contributed by atoms with Gasteiger partial charge in [0, 0.05) is 6.07 Å². The number of hydrogen-bond acceptors (Lipinski definition) is 3. The minimum Gasteiger partial charge on any atom is -0.497 e. The molecule has 0 aliphatic carbocycles. The van der Waals surface area contributed by atoms with Crippen molar-refractivity contribution >= 4 is 28.7 Å². The molecule has 0 fully saturated rings. The summed E-state index contributed by atoms with van der Waals surface area (Å²) in [7, 11) is 1.62. The molecule has 94 valence electrons. The van der Waals surface area contributed by atoms with E-state index in [-0.39, 0.29) is 0 Å². The molecule has 0 saturated heterocycles. The van der Waals surface area contributed by atoms with Gasteiger partial charge in [-0.3, -0.25) is 0 Å². The van der Waals surface area contributed by atoms with E-state index in [9.17, 15) is 0 Å². The Hall–Kier alpha value is -1.87. The predicted molar refractivity (Wildman–Crippen MR) is 76.9 cm³/mol. The normalized spacial score (nSPS) is 10.2. The zero-order valence-electron chi connectivity index (χ0n) is 10.3. The summed E-state index contributed by atoms with van der Waals surface area (Å²) >= 11 is 6.14. The van der Waals surface area contributed by atoms with Crippen molar-refractivity contribution < 1.29 is 4.74 Å². The molecular weight excluding hydrogens is 248 g/mol. The monoisotopic (exact) mass is 262 g/mol. The molecule has 3 nitrogen and oxygen atoms in total. The Labute approximate surface area is 112 Å². The summed E-state index contributed by atoms with van der Waals surface area (Å²) in [5, 5.41) is 3.84. The highest BCUT2D eigenvalue weighted by Gasteiger charge is 2.05. The number of methoxy groups -OCH3 is 1. The Morgan fingerprint density at radius 3 is 2.61 bits per heavy atom. The van der Waals surface area contributed by atoms with Crippen molar-refractivity contribution in [2.45, 2.75) is 6.92 Å². The van der Waals surface area contributed by atoms with Crippen molar-refractivity contribution in [3.8, 4) is 5.75 Å². The zero-order chi connectivity index (χ0) is 13.1. The molecule has 0 unspecified atom stereocenters. The topological polar surface area (TPSA) is 47.3 Å². The van der Waals surface area contributed by atoms with E-state index in [1.165, 1.54) is 0 Å². The molecule has 3 N–H and O–H groups in total. The maximum atomic E-state index is 6.14. The van der Waals surface area contributed by atoms with Crippen LogP contribution >= 0.6 is 11.6 Å². The fraction of sp³-hybridized carbons (Fsp3) is 0.143. The third kappa shape index (κ3) is 2.68. The van der Waals surface area contributed by atoms with Gasteiger partial charge in [-0.25, -0.2) is 0 Å². The fourth-order valence-electron chi connectivity index (χ4n) is 1.65. The number of halogens is 1. The van der Waals surface area contributed by atoms with Gasteiger partial charge in [-0.15, -0.1) is 0 Å². The number of rotatable bonds is 3. The summed E-state index contributed by atoms with van der Waals surface area (Å²) < 4.78 is 5.17. The smallest absolute Gasteiger partial charge is 0.121 e. The molecule has 2 aromatic rings. The molecule has 0 spiro atoms. The van der Waals surface area contributed by atoms with Crippen molar-refractivity contribution in [1.82, 2.24) is 0 Å². The summed E-state index contributed by atoms with van der Waals surface area (Å²) in [5.41, 5.74) is 9.34. The van der Waals surface area contributed by atoms with E-state index >= 15 is 0 Å². The molecule has 0 aliphatic heterocycles. The van der Waals surface area contributed by atoms with E-state index in [4.69, 9.17) is 22.1 Å². The largest absolute Gasteiger partial charge is 0.497 e. The number of nitrogens with one attached hydrogen (secondary N) is 1. The van der Waals surface area contributed by atoms with Crippen molar-refractivity contribution in [3.05, 3.63) is 47.0 Å². The molecular formula is C14H15ClN2O. The SMILES string of the molecule is COc1ccc(Cl)c(Nc2cc(C)ccc2N)c1. The highest BCUT2D eigenvalue weighted by atomic mass is 35.5. The molecule has 18 heavy (non-hydrogen) atoms. The summed E-state index contributed by atoms with van der Waals surface area (Å²) in [6, 6.07) is 11.2. The van der Waals surface area contributed by atoms with Crippen molar-refractivity contribution in [2.75, 3.05) is 18.2 Å². The second-order valence-electron chi connectivity index (χ2n) is 4.06. The van der Waals surface area contributed by atoms with Crippen molar-refractivity contribution in [1.29, 1.82) is 0 Å². The van der Waals surface area contributed by atoms with Gasteiger partial charge in [0.2, 0.25) is 0 Å². The van der Waals surface area contributed by atoms with Gasteiger partial charge in [0.25, 0.3) is 0 Å². The first-order chi connectivity index (χ1) is 8.60. The molecule has 0 amide bonds. The van der Waals surface area contributed by atoms with Crippen LogP contribution in [0.15, 0.2) is 36.4 Å². The van der Waals surface area contributed by atoms with Gasteiger partial charge >= 0.3 is 0 Å². The number of anilines is 3. The van der Waals surface area contributed by atoms with Gasteiger partial charge in [-0.1, -0.05) is 17.7 Å². The number of nitrogen functional groups attached to an aromatic ring is 1. The highest BCUT2D eigenvalue weighted by Crippen LogP contribution is 2.31. The average Bonchev–Trinajstić information content (AvgIpc) is 2.36. The van der Waals surface area contributed by atoms with Gasteiger partial charge in [-0.05, 0) is 36.8 Å². The van der Waals surface area contributed by atoms with Crippen LogP contribution in [0.3, 0.4) is 0 Å². The van der Waals surface area contributed by atoms with Crippen LogP contribution in [0.25, 0.3) is 0 Å². The van der Waals surface area contributed by atoms with Crippen LogP contribution in [0, 0.1) is 6.92 Å². The molecule has 0 bridgehead atoms. The van der Waals surface area contributed by atoms with Crippen LogP contribution in [-0.4, -0.2) is 7.11 Å². The average molecular weight is 263 g/mol. The third-order valence-corrected chi connectivity index (χ3v) is 2.98. The summed E-state index contributed by atoms with van der Waals surface area (Å²) in [6.07, 6.45) is 0. The third-order valence-electron chi connectivity index (χ3n) is 2.65. The van der Waals surface area contributed by atoms with Crippen molar-refractivity contribution in [2.24, 2.45) is 0 Å². The lowest BCUT2D eigenvalue weighted by Gasteiger charge is -2.12. The highest BCUT2D eigenvalue weighted by molar-refractivity contribution is 6.33. The summed E-state index contributed by atoms with van der Waals surface area (Å²) in [5.74, 6) is 0.744. The summed E-state index contributed by atoms with van der Waals surface area (Å²) in [4.78, 5) is 0. The standard InChI is InChI=1S/C14H15ClN2O/c1-9-3-6-12(16)14(7-9)17-13-8-10(18-2)4-5-11(13)15/h3-8,17H,16H2,1-2H3. The first-order valence-electron chi connectivity index (χ1n) is 5.57. The van der Waals surface area contributed by atoms with E-state index in [0.29, 0.717) is 10.7 Å². The molecule has 0 heterocycles. The van der Waals surface area contributed by atoms with E-state index in [1.54, 1.807) is 13.2 Å². The molecule has 0 aliphatic rings. The quantitative estimate of drug-likeness (QED) is 0.823. The molecule has 2 rings (SSSR count).